The molecule has 342 valence electrons. The van der Waals surface area contributed by atoms with Crippen LogP contribution in [0.2, 0.25) is 0 Å². The lowest BCUT2D eigenvalue weighted by Gasteiger charge is -2.37. The number of anilines is 3. The van der Waals surface area contributed by atoms with Gasteiger partial charge in [-0.1, -0.05) is 202 Å². The van der Waals surface area contributed by atoms with Crippen LogP contribution in [-0.2, 0) is 17.3 Å². The average molecular weight is 930 g/mol. The van der Waals surface area contributed by atoms with Crippen molar-refractivity contribution in [3.63, 3.8) is 0 Å². The summed E-state index contributed by atoms with van der Waals surface area (Å²) in [6.07, 6.45) is 0.941. The smallest absolute Gasteiger partial charge is 0.135 e. The van der Waals surface area contributed by atoms with E-state index in [1.807, 2.05) is 0 Å². The molecule has 2 heteroatoms. The van der Waals surface area contributed by atoms with Gasteiger partial charge in [0.05, 0.1) is 5.41 Å². The van der Waals surface area contributed by atoms with E-state index in [9.17, 15) is 0 Å². The van der Waals surface area contributed by atoms with Crippen molar-refractivity contribution in [3.8, 4) is 89.4 Å². The maximum atomic E-state index is 6.87. The fourth-order valence-corrected chi connectivity index (χ4v) is 14.0. The molecule has 0 fully saturated rings. The minimum absolute atomic E-state index is 0.193. The van der Waals surface area contributed by atoms with E-state index in [0.29, 0.717) is 0 Å². The highest BCUT2D eigenvalue weighted by atomic mass is 16.5. The summed E-state index contributed by atoms with van der Waals surface area (Å²) in [6.45, 7) is 4.76. The third kappa shape index (κ3) is 5.42. The summed E-state index contributed by atoms with van der Waals surface area (Å²) in [5.74, 6) is 1.70. The SMILES string of the molecule is CC1(C)c2ccccc2-c2ccc(N(c3ccc4c(c3)-c3ccccc3-c3ccccc3O4)c3ccc4c(c3)C3(c5ccccc5-c5ccccc5-4)c4ccccc4-c4c3ccc3c4-c4ccccc4C3)cc21. The first-order chi connectivity index (χ1) is 36.0. The van der Waals surface area contributed by atoms with Crippen molar-refractivity contribution in [3.05, 3.63) is 281 Å². The Labute approximate surface area is 426 Å². The molecule has 11 aromatic rings. The fourth-order valence-electron chi connectivity index (χ4n) is 14.0. The summed E-state index contributed by atoms with van der Waals surface area (Å²) < 4.78 is 6.87. The van der Waals surface area contributed by atoms with Crippen LogP contribution >= 0.6 is 0 Å². The third-order valence-corrected chi connectivity index (χ3v) is 17.1. The lowest BCUT2D eigenvalue weighted by atomic mass is 9.65. The van der Waals surface area contributed by atoms with Crippen LogP contribution in [0.25, 0.3) is 77.9 Å². The molecule has 0 aromatic heterocycles. The maximum Gasteiger partial charge on any atom is 0.135 e. The van der Waals surface area contributed by atoms with Crippen molar-refractivity contribution in [1.82, 2.24) is 0 Å². The van der Waals surface area contributed by atoms with Crippen molar-refractivity contribution in [2.45, 2.75) is 31.1 Å². The predicted octanol–water partition coefficient (Wildman–Crippen LogP) is 18.5. The van der Waals surface area contributed by atoms with Gasteiger partial charge in [0.25, 0.3) is 0 Å². The number of benzene rings is 11. The lowest BCUT2D eigenvalue weighted by Crippen LogP contribution is -2.29. The van der Waals surface area contributed by atoms with E-state index >= 15 is 0 Å². The van der Waals surface area contributed by atoms with Gasteiger partial charge in [-0.05, 0) is 166 Å². The first-order valence-electron chi connectivity index (χ1n) is 25.7. The normalized spacial score (nSPS) is 15.8. The van der Waals surface area contributed by atoms with Gasteiger partial charge in [-0.3, -0.25) is 0 Å². The van der Waals surface area contributed by atoms with Crippen LogP contribution in [0.15, 0.2) is 237 Å². The molecule has 0 amide bonds. The first kappa shape index (κ1) is 40.7. The van der Waals surface area contributed by atoms with Crippen molar-refractivity contribution < 1.29 is 4.74 Å². The molecule has 5 aliphatic rings. The summed E-state index contributed by atoms with van der Waals surface area (Å²) >= 11 is 0. The Morgan fingerprint density at radius 1 is 0.301 bits per heavy atom. The topological polar surface area (TPSA) is 12.5 Å². The van der Waals surface area contributed by atoms with Gasteiger partial charge in [0.15, 0.2) is 0 Å². The van der Waals surface area contributed by atoms with Crippen LogP contribution in [0.4, 0.5) is 17.1 Å². The molecule has 0 radical (unpaired) electrons. The van der Waals surface area contributed by atoms with Crippen molar-refractivity contribution >= 4 is 17.1 Å². The van der Waals surface area contributed by atoms with Gasteiger partial charge in [0, 0.05) is 33.6 Å². The van der Waals surface area contributed by atoms with E-state index in [-0.39, 0.29) is 5.41 Å². The van der Waals surface area contributed by atoms with Gasteiger partial charge in [-0.25, -0.2) is 0 Å². The highest BCUT2D eigenvalue weighted by Crippen LogP contribution is 2.65. The first-order valence-corrected chi connectivity index (χ1v) is 25.7. The van der Waals surface area contributed by atoms with E-state index in [1.165, 1.54) is 100 Å². The van der Waals surface area contributed by atoms with Crippen LogP contribution in [0.1, 0.15) is 58.4 Å². The highest BCUT2D eigenvalue weighted by Gasteiger charge is 2.51. The Morgan fingerprint density at radius 3 is 1.48 bits per heavy atom. The molecule has 16 rings (SSSR count). The molecule has 1 heterocycles. The second-order valence-electron chi connectivity index (χ2n) is 21.0. The molecule has 0 saturated carbocycles. The van der Waals surface area contributed by atoms with Gasteiger partial charge < -0.3 is 9.64 Å². The molecule has 0 N–H and O–H groups in total. The molecular weight excluding hydrogens is 883 g/mol. The number of para-hydroxylation sites is 1. The summed E-state index contributed by atoms with van der Waals surface area (Å²) in [4.78, 5) is 2.51. The molecule has 4 aliphatic carbocycles. The van der Waals surface area contributed by atoms with Gasteiger partial charge in [0.1, 0.15) is 11.5 Å². The van der Waals surface area contributed by atoms with Crippen molar-refractivity contribution in [2.24, 2.45) is 0 Å². The number of fused-ring (bicyclic) bond motifs is 24. The maximum absolute atomic E-state index is 6.87. The molecule has 1 atom stereocenters. The third-order valence-electron chi connectivity index (χ3n) is 17.1. The second-order valence-corrected chi connectivity index (χ2v) is 21.0. The van der Waals surface area contributed by atoms with Crippen LogP contribution in [0.5, 0.6) is 11.5 Å². The van der Waals surface area contributed by atoms with Crippen LogP contribution < -0.4 is 9.64 Å². The summed E-state index contributed by atoms with van der Waals surface area (Å²) in [5.41, 5.74) is 30.6. The molecule has 1 unspecified atom stereocenters. The zero-order valence-corrected chi connectivity index (χ0v) is 40.6. The lowest BCUT2D eigenvalue weighted by molar-refractivity contribution is 0.488. The summed E-state index contributed by atoms with van der Waals surface area (Å²) in [7, 11) is 0. The van der Waals surface area contributed by atoms with Crippen molar-refractivity contribution in [2.75, 3.05) is 4.90 Å². The molecule has 73 heavy (non-hydrogen) atoms. The fraction of sp³-hybridized carbons (Fsp3) is 0.0704. The summed E-state index contributed by atoms with van der Waals surface area (Å²) in [5, 5.41) is 0. The zero-order chi connectivity index (χ0) is 48.2. The van der Waals surface area contributed by atoms with E-state index in [1.54, 1.807) is 0 Å². The van der Waals surface area contributed by atoms with Gasteiger partial charge >= 0.3 is 0 Å². The van der Waals surface area contributed by atoms with E-state index in [2.05, 4.69) is 255 Å². The average Bonchev–Trinajstić information content (AvgIpc) is 4.07. The standard InChI is InChI=1S/C71H47NO/c1-70(2)60-27-13-9-24-54(60)56-36-33-46(41-64(56)70)72(45-34-38-67-59(40-45)52-22-8-7-21-51(52)57-25-12-16-30-66(57)73-67)47-32-35-55-50-20-6-5-19-49(50)53-23-10-14-28-61(53)71(65(55)42-47)62-29-15-11-26-58(62)69-63(71)37-31-44-39-43-17-3-4-18-48(43)68(44)69/h3-38,40-42H,39H2,1-2H3. The minimum Gasteiger partial charge on any atom is -0.456 e. The largest absolute Gasteiger partial charge is 0.456 e. The van der Waals surface area contributed by atoms with E-state index < -0.39 is 5.41 Å². The van der Waals surface area contributed by atoms with Gasteiger partial charge in [-0.15, -0.1) is 0 Å². The monoisotopic (exact) mass is 929 g/mol. The van der Waals surface area contributed by atoms with E-state index in [4.69, 9.17) is 4.74 Å². The summed E-state index contributed by atoms with van der Waals surface area (Å²) in [6, 6.07) is 89.1. The Bertz CT molecular complexity index is 4210. The Kier molecular flexibility index (Phi) is 8.25. The van der Waals surface area contributed by atoms with Gasteiger partial charge in [-0.2, -0.15) is 0 Å². The van der Waals surface area contributed by atoms with E-state index in [0.717, 1.165) is 57.2 Å². The molecule has 1 spiro atoms. The molecule has 11 aromatic carbocycles. The van der Waals surface area contributed by atoms with Crippen LogP contribution in [0.3, 0.4) is 0 Å². The number of hydrogen-bond donors (Lipinski definition) is 0. The molecule has 0 bridgehead atoms. The molecule has 0 saturated heterocycles. The van der Waals surface area contributed by atoms with Crippen molar-refractivity contribution in [1.29, 1.82) is 0 Å². The molecular formula is C71H47NO. The molecule has 2 nitrogen and oxygen atoms in total. The zero-order valence-electron chi connectivity index (χ0n) is 40.6. The van der Waals surface area contributed by atoms with Gasteiger partial charge in [0.2, 0.25) is 0 Å². The number of nitrogens with zero attached hydrogens (tertiary/aromatic N) is 1. The Morgan fingerprint density at radius 2 is 0.767 bits per heavy atom. The molecule has 1 aliphatic heterocycles. The highest BCUT2D eigenvalue weighted by molar-refractivity contribution is 6.04. The number of rotatable bonds is 3. The second kappa shape index (κ2) is 14.8. The predicted molar refractivity (Wildman–Crippen MR) is 300 cm³/mol. The Balaban J connectivity index is 1.00. The number of hydrogen-bond acceptors (Lipinski definition) is 2. The minimum atomic E-state index is -0.668. The quantitative estimate of drug-likeness (QED) is 0.175. The van der Waals surface area contributed by atoms with Crippen LogP contribution in [-0.4, -0.2) is 0 Å². The Hall–Kier alpha value is -8.98. The van der Waals surface area contributed by atoms with Crippen LogP contribution in [0, 0.1) is 0 Å². The number of ether oxygens (including phenoxy) is 1.